The van der Waals surface area contributed by atoms with Crippen LogP contribution in [0.25, 0.3) is 11.0 Å². The van der Waals surface area contributed by atoms with Gasteiger partial charge in [-0.25, -0.2) is 4.68 Å². The number of amides is 2. The molecule has 202 valence electrons. The monoisotopic (exact) mass is 620 g/mol. The molecule has 2 amide bonds. The van der Waals surface area contributed by atoms with Gasteiger partial charge >= 0.3 is 59.1 Å². The van der Waals surface area contributed by atoms with E-state index in [9.17, 15) is 44.4 Å². The van der Waals surface area contributed by atoms with Gasteiger partial charge in [-0.05, 0) is 22.1 Å². The molecule has 41 heavy (non-hydrogen) atoms. The fourth-order valence-corrected chi connectivity index (χ4v) is 6.42. The number of aliphatic carboxylic acids is 2. The Morgan fingerprint density at radius 3 is 2.54 bits per heavy atom. The van der Waals surface area contributed by atoms with Gasteiger partial charge in [0.05, 0.1) is 41.4 Å². The van der Waals surface area contributed by atoms with Crippen LogP contribution in [0.4, 0.5) is 0 Å². The summed E-state index contributed by atoms with van der Waals surface area (Å²) in [5.74, 6) is -5.93. The van der Waals surface area contributed by atoms with Crippen molar-refractivity contribution in [2.75, 3.05) is 5.75 Å². The van der Waals surface area contributed by atoms with Gasteiger partial charge in [0.1, 0.15) is 22.8 Å². The van der Waals surface area contributed by atoms with E-state index in [1.807, 2.05) is 0 Å². The fraction of sp³-hybridized carbons (Fsp3) is 0.238. The number of phenols is 2. The summed E-state index contributed by atoms with van der Waals surface area (Å²) in [6.07, 6.45) is 0.855. The first kappa shape index (κ1) is 32.9. The van der Waals surface area contributed by atoms with Crippen LogP contribution in [0.3, 0.4) is 0 Å². The van der Waals surface area contributed by atoms with Crippen molar-refractivity contribution in [3.63, 3.8) is 0 Å². The molecule has 3 N–H and O–H groups in total. The summed E-state index contributed by atoms with van der Waals surface area (Å²) < 4.78 is 6.18. The Bertz CT molecular complexity index is 1660. The van der Waals surface area contributed by atoms with Gasteiger partial charge in [-0.1, -0.05) is 11.8 Å². The smallest absolute Gasteiger partial charge is 0.548 e. The van der Waals surface area contributed by atoms with Gasteiger partial charge in [0, 0.05) is 11.8 Å². The second kappa shape index (κ2) is 13.2. The molecule has 20 heteroatoms. The summed E-state index contributed by atoms with van der Waals surface area (Å²) >= 11 is 1.88. The largest absolute Gasteiger partial charge is 1.00 e. The molecule has 2 aliphatic heterocycles. The number of tetrazole rings is 1. The van der Waals surface area contributed by atoms with Gasteiger partial charge in [0.25, 0.3) is 5.91 Å². The third-order valence-electron chi connectivity index (χ3n) is 5.77. The molecular weight excluding hydrogens is 606 g/mol. The van der Waals surface area contributed by atoms with Crippen molar-refractivity contribution in [1.29, 1.82) is 0 Å². The normalized spacial score (nSPS) is 17.7. The Labute approximate surface area is 281 Å². The SMILES string of the molecule is O=C([O-])Cn1nnnc1SCC1=C(C(=O)[O-])N2C(=O)C[C@@H]2SC1NC(=O)c1coc2cc(O)c(O)cc2c1=O.[Na+].[Na+]. The van der Waals surface area contributed by atoms with Crippen molar-refractivity contribution in [3.05, 3.63) is 45.5 Å². The van der Waals surface area contributed by atoms with E-state index >= 15 is 0 Å². The molecule has 16 nitrogen and oxygen atoms in total. The molecule has 1 aromatic carbocycles. The second-order valence-corrected chi connectivity index (χ2v) is 10.4. The summed E-state index contributed by atoms with van der Waals surface area (Å²) in [5.41, 5.74) is -1.85. The summed E-state index contributed by atoms with van der Waals surface area (Å²) in [4.78, 5) is 62.4. The zero-order chi connectivity index (χ0) is 28.0. The number of rotatable bonds is 8. The quantitative estimate of drug-likeness (QED) is 0.0916. The summed E-state index contributed by atoms with van der Waals surface area (Å²) in [7, 11) is 0. The van der Waals surface area contributed by atoms with Crippen LogP contribution in [0.1, 0.15) is 16.8 Å². The average Bonchev–Trinajstić information content (AvgIpc) is 3.29. The number of carbonyl (C=O) groups excluding carboxylic acids is 4. The van der Waals surface area contributed by atoms with Gasteiger partial charge < -0.3 is 39.7 Å². The van der Waals surface area contributed by atoms with E-state index in [2.05, 4.69) is 20.8 Å². The maximum atomic E-state index is 13.2. The molecule has 2 atom stereocenters. The number of carbonyl (C=O) groups is 4. The van der Waals surface area contributed by atoms with Crippen LogP contribution in [-0.4, -0.2) is 75.6 Å². The van der Waals surface area contributed by atoms with Crippen LogP contribution in [0.5, 0.6) is 11.5 Å². The molecule has 0 radical (unpaired) electrons. The Morgan fingerprint density at radius 1 is 1.17 bits per heavy atom. The minimum absolute atomic E-state index is 0. The number of nitrogens with one attached hydrogen (secondary N) is 1. The van der Waals surface area contributed by atoms with Gasteiger partial charge in [-0.15, -0.1) is 16.9 Å². The molecule has 0 saturated carbocycles. The number of hydrogen-bond acceptors (Lipinski definition) is 15. The zero-order valence-corrected chi connectivity index (χ0v) is 26.9. The Kier molecular flexibility index (Phi) is 10.6. The fourth-order valence-electron chi connectivity index (χ4n) is 3.95. The van der Waals surface area contributed by atoms with E-state index in [4.69, 9.17) is 4.42 Å². The molecule has 0 spiro atoms. The number of β-lactam (4-membered cyclic amide) rings is 1. The number of aromatic nitrogens is 4. The molecular formula is C21H14N6Na2O10S2. The number of nitrogens with zero attached hydrogens (tertiary/aromatic N) is 5. The van der Waals surface area contributed by atoms with Gasteiger partial charge in [-0.2, -0.15) is 0 Å². The van der Waals surface area contributed by atoms with Crippen LogP contribution in [0, 0.1) is 0 Å². The molecule has 2 aliphatic rings. The molecule has 0 bridgehead atoms. The van der Waals surface area contributed by atoms with Crippen LogP contribution < -0.4 is 80.1 Å². The first-order chi connectivity index (χ1) is 18.5. The van der Waals surface area contributed by atoms with E-state index < -0.39 is 69.2 Å². The van der Waals surface area contributed by atoms with Crippen LogP contribution in [-0.2, 0) is 20.9 Å². The third-order valence-corrected chi connectivity index (χ3v) is 8.14. The van der Waals surface area contributed by atoms with Crippen molar-refractivity contribution < 1.29 is 103 Å². The van der Waals surface area contributed by atoms with E-state index in [-0.39, 0.29) is 93.0 Å². The predicted octanol–water partition coefficient (Wildman–Crippen LogP) is -8.89. The minimum atomic E-state index is -1.68. The molecule has 1 saturated heterocycles. The number of aromatic hydroxyl groups is 2. The van der Waals surface area contributed by atoms with Crippen molar-refractivity contribution in [2.24, 2.45) is 0 Å². The molecule has 1 unspecified atom stereocenters. The maximum absolute atomic E-state index is 13.2. The number of benzene rings is 1. The topological polar surface area (TPSA) is 244 Å². The Balaban J connectivity index is 0.00000231. The molecule has 3 aromatic rings. The van der Waals surface area contributed by atoms with Gasteiger partial charge in [0.15, 0.2) is 11.5 Å². The van der Waals surface area contributed by atoms with E-state index in [1.54, 1.807) is 0 Å². The van der Waals surface area contributed by atoms with Gasteiger partial charge in [-0.3, -0.25) is 19.3 Å². The maximum Gasteiger partial charge on any atom is 1.00 e. The molecule has 5 rings (SSSR count). The van der Waals surface area contributed by atoms with Gasteiger partial charge in [0.2, 0.25) is 16.5 Å². The molecule has 0 aliphatic carbocycles. The van der Waals surface area contributed by atoms with E-state index in [1.165, 1.54) is 0 Å². The number of carboxylic acids is 2. The summed E-state index contributed by atoms with van der Waals surface area (Å²) in [5, 5.41) is 53.7. The summed E-state index contributed by atoms with van der Waals surface area (Å²) in [6.45, 7) is -0.672. The van der Waals surface area contributed by atoms with Crippen molar-refractivity contribution in [1.82, 2.24) is 30.4 Å². The molecule has 2 aromatic heterocycles. The van der Waals surface area contributed by atoms with E-state index in [0.29, 0.717) is 0 Å². The first-order valence-corrected chi connectivity index (χ1v) is 12.8. The second-order valence-electron chi connectivity index (χ2n) is 8.17. The number of thioether (sulfide) groups is 2. The summed E-state index contributed by atoms with van der Waals surface area (Å²) in [6, 6.07) is 1.94. The van der Waals surface area contributed by atoms with Crippen LogP contribution in [0.15, 0.2) is 44.0 Å². The predicted molar refractivity (Wildman–Crippen MR) is 125 cm³/mol. The third kappa shape index (κ3) is 6.43. The first-order valence-electron chi connectivity index (χ1n) is 10.8. The number of fused-ring (bicyclic) bond motifs is 2. The molecule has 1 fully saturated rings. The van der Waals surface area contributed by atoms with E-state index in [0.717, 1.165) is 51.5 Å². The van der Waals surface area contributed by atoms with Crippen molar-refractivity contribution in [2.45, 2.75) is 28.9 Å². The van der Waals surface area contributed by atoms with Crippen molar-refractivity contribution in [3.8, 4) is 11.5 Å². The number of hydrogen-bond donors (Lipinski definition) is 3. The van der Waals surface area contributed by atoms with Crippen molar-refractivity contribution >= 4 is 58.2 Å². The molecule has 4 heterocycles. The van der Waals surface area contributed by atoms with Crippen LogP contribution in [0.2, 0.25) is 0 Å². The Hall–Kier alpha value is -2.58. The standard InChI is InChI=1S/C21H16N6O10S2.2Na/c28-10-1-7-12(2-11(10)29)37-5-8(17(7)33)18(34)22-19-9(6-38-21-23-24-25-26(21)4-15(31)32)16(20(35)36)27-13(30)3-14(27)39-19;;/h1-2,5,14,19,28-29H,3-4,6H2,(H,22,34)(H,31,32)(H,35,36);;/q;2*+1/p-2/t14-,19?;;/m0../s1. The minimum Gasteiger partial charge on any atom is -0.548 e. The van der Waals surface area contributed by atoms with Crippen LogP contribution >= 0.6 is 23.5 Å². The zero-order valence-electron chi connectivity index (χ0n) is 21.2. The number of carboxylic acid groups (broad SMARTS) is 2. The average molecular weight is 620 g/mol. The number of phenolic OH excluding ortho intramolecular Hbond substituents is 2. The Morgan fingerprint density at radius 2 is 1.88 bits per heavy atom.